The lowest BCUT2D eigenvalue weighted by Gasteiger charge is -2.21. The number of aliphatic hydroxyl groups excluding tert-OH is 1. The van der Waals surface area contributed by atoms with E-state index < -0.39 is 17.7 Å². The third kappa shape index (κ3) is 3.76. The summed E-state index contributed by atoms with van der Waals surface area (Å²) in [5.41, 5.74) is -0.00822. The van der Waals surface area contributed by atoms with Gasteiger partial charge in [-0.1, -0.05) is 25.7 Å². The average molecular weight is 333 g/mol. The molecule has 0 radical (unpaired) electrons. The fourth-order valence-electron chi connectivity index (χ4n) is 2.83. The highest BCUT2D eigenvalue weighted by Gasteiger charge is 2.24. The fourth-order valence-corrected chi connectivity index (χ4v) is 3.20. The van der Waals surface area contributed by atoms with E-state index in [0.717, 1.165) is 25.7 Å². The van der Waals surface area contributed by atoms with Crippen molar-refractivity contribution in [1.29, 1.82) is 0 Å². The minimum atomic E-state index is -0.656. The second-order valence-electron chi connectivity index (χ2n) is 5.34. The summed E-state index contributed by atoms with van der Waals surface area (Å²) in [5, 5.41) is 10.2. The zero-order valence-corrected chi connectivity index (χ0v) is 12.4. The zero-order chi connectivity index (χ0) is 13.8. The molecule has 2 rings (SSSR count). The quantitative estimate of drug-likeness (QED) is 0.633. The van der Waals surface area contributed by atoms with Crippen molar-refractivity contribution in [1.82, 2.24) is 0 Å². The van der Waals surface area contributed by atoms with Crippen molar-refractivity contribution in [3.05, 3.63) is 33.8 Å². The van der Waals surface area contributed by atoms with Gasteiger partial charge >= 0.3 is 0 Å². The molecule has 1 aliphatic rings. The van der Waals surface area contributed by atoms with Crippen LogP contribution in [0.1, 0.15) is 44.1 Å². The molecule has 1 atom stereocenters. The second kappa shape index (κ2) is 6.80. The summed E-state index contributed by atoms with van der Waals surface area (Å²) in [6.45, 7) is 0. The van der Waals surface area contributed by atoms with Crippen LogP contribution in [0, 0.1) is 17.6 Å². The van der Waals surface area contributed by atoms with Crippen LogP contribution in [0.2, 0.25) is 0 Å². The lowest BCUT2D eigenvalue weighted by atomic mass is 9.90. The first kappa shape index (κ1) is 14.9. The minimum Gasteiger partial charge on any atom is -0.392 e. The van der Waals surface area contributed by atoms with Crippen molar-refractivity contribution >= 4 is 15.9 Å². The Morgan fingerprint density at radius 2 is 1.79 bits per heavy atom. The van der Waals surface area contributed by atoms with E-state index in [0.29, 0.717) is 0 Å². The molecule has 19 heavy (non-hydrogen) atoms. The Hall–Kier alpha value is -0.480. The normalized spacial score (nSPS) is 19.2. The molecule has 1 saturated carbocycles. The predicted octanol–water partition coefficient (Wildman–Crippen LogP) is 4.60. The molecule has 1 unspecified atom stereocenters. The van der Waals surface area contributed by atoms with Crippen LogP contribution in [-0.2, 0) is 6.42 Å². The number of benzene rings is 1. The highest BCUT2D eigenvalue weighted by atomic mass is 79.9. The number of hydrogen-bond acceptors (Lipinski definition) is 1. The SMILES string of the molecule is OC(Cc1c(F)ccc(Br)c1F)C1CCCCCC1. The Bertz CT molecular complexity index is 428. The van der Waals surface area contributed by atoms with Gasteiger partial charge in [-0.25, -0.2) is 8.78 Å². The summed E-state index contributed by atoms with van der Waals surface area (Å²) in [6.07, 6.45) is 5.91. The molecule has 1 nitrogen and oxygen atoms in total. The molecule has 0 heterocycles. The van der Waals surface area contributed by atoms with Crippen molar-refractivity contribution < 1.29 is 13.9 Å². The Morgan fingerprint density at radius 1 is 1.16 bits per heavy atom. The standard InChI is InChI=1S/C15H19BrF2O/c16-12-7-8-13(17)11(15(12)18)9-14(19)10-5-3-1-2-4-6-10/h7-8,10,14,19H,1-6,9H2. The summed E-state index contributed by atoms with van der Waals surface area (Å²) >= 11 is 3.06. The summed E-state index contributed by atoms with van der Waals surface area (Å²) in [5.74, 6) is -0.999. The monoisotopic (exact) mass is 332 g/mol. The first-order valence-electron chi connectivity index (χ1n) is 6.90. The van der Waals surface area contributed by atoms with E-state index in [4.69, 9.17) is 0 Å². The van der Waals surface area contributed by atoms with Crippen LogP contribution in [0.3, 0.4) is 0 Å². The lowest BCUT2D eigenvalue weighted by Crippen LogP contribution is -2.23. The molecule has 1 fully saturated rings. The number of hydrogen-bond donors (Lipinski definition) is 1. The van der Waals surface area contributed by atoms with Crippen LogP contribution >= 0.6 is 15.9 Å². The van der Waals surface area contributed by atoms with Crippen LogP contribution in [-0.4, -0.2) is 11.2 Å². The Kier molecular flexibility index (Phi) is 5.34. The van der Waals surface area contributed by atoms with Crippen LogP contribution in [0.15, 0.2) is 16.6 Å². The fraction of sp³-hybridized carbons (Fsp3) is 0.600. The average Bonchev–Trinajstić information content (AvgIpc) is 2.68. The van der Waals surface area contributed by atoms with Crippen LogP contribution in [0.5, 0.6) is 0 Å². The summed E-state index contributed by atoms with van der Waals surface area (Å²) in [4.78, 5) is 0. The van der Waals surface area contributed by atoms with Crippen LogP contribution in [0.25, 0.3) is 0 Å². The van der Waals surface area contributed by atoms with Gasteiger partial charge in [-0.05, 0) is 46.8 Å². The summed E-state index contributed by atoms with van der Waals surface area (Å²) < 4.78 is 27.8. The summed E-state index contributed by atoms with van der Waals surface area (Å²) in [7, 11) is 0. The molecule has 0 spiro atoms. The van der Waals surface area contributed by atoms with Gasteiger partial charge in [-0.15, -0.1) is 0 Å². The van der Waals surface area contributed by atoms with Gasteiger partial charge in [-0.2, -0.15) is 0 Å². The van der Waals surface area contributed by atoms with E-state index in [-0.39, 0.29) is 22.4 Å². The largest absolute Gasteiger partial charge is 0.392 e. The molecule has 0 aromatic heterocycles. The third-order valence-electron chi connectivity index (χ3n) is 4.00. The zero-order valence-electron chi connectivity index (χ0n) is 10.8. The lowest BCUT2D eigenvalue weighted by molar-refractivity contribution is 0.0968. The van der Waals surface area contributed by atoms with Gasteiger partial charge in [0.05, 0.1) is 10.6 Å². The van der Waals surface area contributed by atoms with E-state index in [1.807, 2.05) is 0 Å². The van der Waals surface area contributed by atoms with Gasteiger partial charge in [0.2, 0.25) is 0 Å². The predicted molar refractivity (Wildman–Crippen MR) is 75.0 cm³/mol. The maximum Gasteiger partial charge on any atom is 0.143 e. The van der Waals surface area contributed by atoms with Gasteiger partial charge in [0.25, 0.3) is 0 Å². The second-order valence-corrected chi connectivity index (χ2v) is 6.20. The maximum atomic E-state index is 13.9. The molecule has 0 bridgehead atoms. The van der Waals surface area contributed by atoms with Crippen molar-refractivity contribution in [2.75, 3.05) is 0 Å². The number of halogens is 3. The molecular weight excluding hydrogens is 314 g/mol. The Labute approximate surface area is 121 Å². The Morgan fingerprint density at radius 3 is 2.42 bits per heavy atom. The molecule has 1 aliphatic carbocycles. The first-order valence-corrected chi connectivity index (χ1v) is 7.69. The van der Waals surface area contributed by atoms with Gasteiger partial charge in [-0.3, -0.25) is 0 Å². The molecule has 0 amide bonds. The molecular formula is C15H19BrF2O. The van der Waals surface area contributed by atoms with Crippen LogP contribution < -0.4 is 0 Å². The molecule has 0 aliphatic heterocycles. The van der Waals surface area contributed by atoms with Gasteiger partial charge in [0.15, 0.2) is 0 Å². The molecule has 1 N–H and O–H groups in total. The van der Waals surface area contributed by atoms with Gasteiger partial charge < -0.3 is 5.11 Å². The molecule has 0 saturated heterocycles. The highest BCUT2D eigenvalue weighted by molar-refractivity contribution is 9.10. The van der Waals surface area contributed by atoms with E-state index in [1.54, 1.807) is 0 Å². The maximum absolute atomic E-state index is 13.9. The molecule has 1 aromatic rings. The van der Waals surface area contributed by atoms with Crippen molar-refractivity contribution in [3.8, 4) is 0 Å². The first-order chi connectivity index (χ1) is 9.09. The minimum absolute atomic E-state index is 0.00822. The number of rotatable bonds is 3. The molecule has 106 valence electrons. The van der Waals surface area contributed by atoms with Crippen molar-refractivity contribution in [3.63, 3.8) is 0 Å². The molecule has 4 heteroatoms. The van der Waals surface area contributed by atoms with Gasteiger partial charge in [0.1, 0.15) is 11.6 Å². The van der Waals surface area contributed by atoms with Crippen molar-refractivity contribution in [2.24, 2.45) is 5.92 Å². The van der Waals surface area contributed by atoms with E-state index >= 15 is 0 Å². The number of aliphatic hydroxyl groups is 1. The van der Waals surface area contributed by atoms with Gasteiger partial charge in [0, 0.05) is 12.0 Å². The molecule has 1 aromatic carbocycles. The third-order valence-corrected chi connectivity index (χ3v) is 4.61. The Balaban J connectivity index is 2.09. The van der Waals surface area contributed by atoms with E-state index in [9.17, 15) is 13.9 Å². The topological polar surface area (TPSA) is 20.2 Å². The van der Waals surface area contributed by atoms with E-state index in [1.165, 1.54) is 25.0 Å². The van der Waals surface area contributed by atoms with Crippen LogP contribution in [0.4, 0.5) is 8.78 Å². The smallest absolute Gasteiger partial charge is 0.143 e. The highest BCUT2D eigenvalue weighted by Crippen LogP contribution is 2.29. The summed E-state index contributed by atoms with van der Waals surface area (Å²) in [6, 6.07) is 2.59. The van der Waals surface area contributed by atoms with E-state index in [2.05, 4.69) is 15.9 Å². The van der Waals surface area contributed by atoms with Crippen molar-refractivity contribution in [2.45, 2.75) is 51.0 Å².